The maximum Gasteiger partial charge on any atom is 0.0327 e. The fraction of sp³-hybridized carbons (Fsp3) is 0.600. The van der Waals surface area contributed by atoms with Crippen LogP contribution in [0.5, 0.6) is 0 Å². The highest BCUT2D eigenvalue weighted by Gasteiger charge is 2.34. The van der Waals surface area contributed by atoms with Crippen molar-refractivity contribution < 1.29 is 0 Å². The van der Waals surface area contributed by atoms with Crippen LogP contribution in [0, 0.1) is 5.92 Å². The average Bonchev–Trinajstić information content (AvgIpc) is 2.79. The van der Waals surface area contributed by atoms with Crippen molar-refractivity contribution in [3.05, 3.63) is 20.8 Å². The van der Waals surface area contributed by atoms with Gasteiger partial charge in [0.2, 0.25) is 0 Å². The molecule has 2 atom stereocenters. The molecule has 1 heterocycles. The molecule has 1 N–H and O–H groups in total. The Morgan fingerprint density at radius 1 is 1.69 bits per heavy atom. The summed E-state index contributed by atoms with van der Waals surface area (Å²) in [6.45, 7) is 3.30. The summed E-state index contributed by atoms with van der Waals surface area (Å²) in [5.74, 6) is 0.943. The van der Waals surface area contributed by atoms with E-state index in [1.54, 1.807) is 0 Å². The molecule has 0 bridgehead atoms. The first-order chi connectivity index (χ1) is 6.31. The maximum atomic E-state index is 3.58. The smallest absolute Gasteiger partial charge is 0.0327 e. The van der Waals surface area contributed by atoms with Gasteiger partial charge in [0, 0.05) is 21.9 Å². The first kappa shape index (κ1) is 9.69. The number of rotatable bonds is 4. The predicted octanol–water partition coefficient (Wildman–Crippen LogP) is 3.40. The van der Waals surface area contributed by atoms with Crippen molar-refractivity contribution in [1.29, 1.82) is 0 Å². The van der Waals surface area contributed by atoms with Crippen molar-refractivity contribution in [2.45, 2.75) is 32.4 Å². The molecule has 3 heteroatoms. The summed E-state index contributed by atoms with van der Waals surface area (Å²) < 4.78 is 1.25. The van der Waals surface area contributed by atoms with Crippen LogP contribution in [0.3, 0.4) is 0 Å². The second kappa shape index (κ2) is 4.11. The molecule has 72 valence electrons. The second-order valence-corrected chi connectivity index (χ2v) is 5.44. The molecule has 13 heavy (non-hydrogen) atoms. The van der Waals surface area contributed by atoms with Gasteiger partial charge in [-0.1, -0.05) is 13.3 Å². The Morgan fingerprint density at radius 3 is 3.08 bits per heavy atom. The normalized spacial score (nSPS) is 26.3. The van der Waals surface area contributed by atoms with Gasteiger partial charge in [0.05, 0.1) is 0 Å². The van der Waals surface area contributed by atoms with E-state index in [9.17, 15) is 0 Å². The van der Waals surface area contributed by atoms with Crippen molar-refractivity contribution in [2.24, 2.45) is 5.92 Å². The van der Waals surface area contributed by atoms with Gasteiger partial charge in [0.1, 0.15) is 0 Å². The predicted molar refractivity (Wildman–Crippen MR) is 61.0 cm³/mol. The van der Waals surface area contributed by atoms with E-state index in [0.29, 0.717) is 0 Å². The third-order valence-corrected chi connectivity index (χ3v) is 4.59. The van der Waals surface area contributed by atoms with E-state index in [-0.39, 0.29) is 0 Å². The van der Waals surface area contributed by atoms with E-state index < -0.39 is 0 Å². The zero-order chi connectivity index (χ0) is 9.26. The highest BCUT2D eigenvalue weighted by atomic mass is 79.9. The van der Waals surface area contributed by atoms with E-state index in [2.05, 4.69) is 39.6 Å². The fourth-order valence-corrected chi connectivity index (χ4v) is 3.07. The van der Waals surface area contributed by atoms with Crippen LogP contribution in [0.1, 0.15) is 24.6 Å². The molecule has 1 fully saturated rings. The van der Waals surface area contributed by atoms with Gasteiger partial charge in [-0.05, 0) is 39.7 Å². The van der Waals surface area contributed by atoms with Crippen LogP contribution in [0.25, 0.3) is 0 Å². The lowest BCUT2D eigenvalue weighted by molar-refractivity contribution is 0.627. The number of thiophene rings is 1. The zero-order valence-electron chi connectivity index (χ0n) is 7.72. The molecular formula is C10H14BrNS. The summed E-state index contributed by atoms with van der Waals surface area (Å²) >= 11 is 5.36. The summed E-state index contributed by atoms with van der Waals surface area (Å²) in [5.41, 5.74) is 0. The molecule has 0 spiro atoms. The Balaban J connectivity index is 1.78. The molecule has 1 aromatic heterocycles. The van der Waals surface area contributed by atoms with Crippen LogP contribution in [0.4, 0.5) is 0 Å². The molecule has 2 rings (SSSR count). The van der Waals surface area contributed by atoms with E-state index in [1.807, 2.05) is 11.3 Å². The lowest BCUT2D eigenvalue weighted by Gasteiger charge is -2.01. The van der Waals surface area contributed by atoms with Crippen molar-refractivity contribution in [3.63, 3.8) is 0 Å². The molecule has 0 radical (unpaired) electrons. The Hall–Kier alpha value is 0.140. The van der Waals surface area contributed by atoms with Crippen LogP contribution in [-0.2, 0) is 6.54 Å². The number of nitrogens with one attached hydrogen (secondary N) is 1. The van der Waals surface area contributed by atoms with Gasteiger partial charge >= 0.3 is 0 Å². The van der Waals surface area contributed by atoms with Crippen LogP contribution in [-0.4, -0.2) is 6.04 Å². The quantitative estimate of drug-likeness (QED) is 0.874. The van der Waals surface area contributed by atoms with Gasteiger partial charge in [-0.2, -0.15) is 0 Å². The monoisotopic (exact) mass is 259 g/mol. The van der Waals surface area contributed by atoms with Gasteiger partial charge in [-0.3, -0.25) is 0 Å². The summed E-state index contributed by atoms with van der Waals surface area (Å²) in [5, 5.41) is 5.71. The second-order valence-electron chi connectivity index (χ2n) is 3.58. The SMILES string of the molecule is CCC1CC1NCc1sccc1Br. The first-order valence-electron chi connectivity index (χ1n) is 4.76. The van der Waals surface area contributed by atoms with E-state index >= 15 is 0 Å². The van der Waals surface area contributed by atoms with Crippen LogP contribution in [0.15, 0.2) is 15.9 Å². The zero-order valence-corrected chi connectivity index (χ0v) is 10.1. The average molecular weight is 260 g/mol. The summed E-state index contributed by atoms with van der Waals surface area (Å²) in [6, 6.07) is 2.91. The fourth-order valence-electron chi connectivity index (χ4n) is 1.62. The molecular weight excluding hydrogens is 246 g/mol. The third-order valence-electron chi connectivity index (χ3n) is 2.66. The minimum absolute atomic E-state index is 0.791. The molecule has 2 unspecified atom stereocenters. The molecule has 1 aliphatic rings. The van der Waals surface area contributed by atoms with Gasteiger partial charge in [0.15, 0.2) is 0 Å². The van der Waals surface area contributed by atoms with Crippen LogP contribution < -0.4 is 5.32 Å². The third kappa shape index (κ3) is 2.33. The Bertz CT molecular complexity index is 284. The molecule has 0 aromatic carbocycles. The highest BCUT2D eigenvalue weighted by Crippen LogP contribution is 2.34. The van der Waals surface area contributed by atoms with E-state index in [0.717, 1.165) is 18.5 Å². The summed E-state index contributed by atoms with van der Waals surface area (Å²) in [4.78, 5) is 1.42. The van der Waals surface area contributed by atoms with E-state index in [4.69, 9.17) is 0 Å². The minimum Gasteiger partial charge on any atom is -0.309 e. The van der Waals surface area contributed by atoms with Crippen molar-refractivity contribution in [3.8, 4) is 0 Å². The Kier molecular flexibility index (Phi) is 3.06. The molecule has 1 nitrogen and oxygen atoms in total. The van der Waals surface area contributed by atoms with Gasteiger partial charge < -0.3 is 5.32 Å². The van der Waals surface area contributed by atoms with Crippen LogP contribution >= 0.6 is 27.3 Å². The Labute approximate surface area is 91.7 Å². The molecule has 1 aliphatic carbocycles. The minimum atomic E-state index is 0.791. The van der Waals surface area contributed by atoms with Gasteiger partial charge in [-0.15, -0.1) is 11.3 Å². The topological polar surface area (TPSA) is 12.0 Å². The van der Waals surface area contributed by atoms with Crippen molar-refractivity contribution in [1.82, 2.24) is 5.32 Å². The van der Waals surface area contributed by atoms with Gasteiger partial charge in [-0.25, -0.2) is 0 Å². The largest absolute Gasteiger partial charge is 0.309 e. The summed E-state index contributed by atoms with van der Waals surface area (Å²) in [7, 11) is 0. The Morgan fingerprint density at radius 2 is 2.54 bits per heavy atom. The molecule has 1 saturated carbocycles. The van der Waals surface area contributed by atoms with Gasteiger partial charge in [0.25, 0.3) is 0 Å². The lowest BCUT2D eigenvalue weighted by Crippen LogP contribution is -2.16. The standard InChI is InChI=1S/C10H14BrNS/c1-2-7-5-9(7)12-6-10-8(11)3-4-13-10/h3-4,7,9,12H,2,5-6H2,1H3. The number of halogens is 1. The maximum absolute atomic E-state index is 3.58. The summed E-state index contributed by atoms with van der Waals surface area (Å²) in [6.07, 6.45) is 2.70. The molecule has 1 aromatic rings. The first-order valence-corrected chi connectivity index (χ1v) is 6.43. The molecule has 0 amide bonds. The lowest BCUT2D eigenvalue weighted by atomic mass is 10.3. The van der Waals surface area contributed by atoms with Crippen molar-refractivity contribution >= 4 is 27.3 Å². The number of hydrogen-bond acceptors (Lipinski definition) is 2. The van der Waals surface area contributed by atoms with E-state index in [1.165, 1.54) is 22.2 Å². The highest BCUT2D eigenvalue weighted by molar-refractivity contribution is 9.10. The molecule has 0 saturated heterocycles. The number of hydrogen-bond donors (Lipinski definition) is 1. The van der Waals surface area contributed by atoms with Crippen LogP contribution in [0.2, 0.25) is 0 Å². The molecule has 0 aliphatic heterocycles. The van der Waals surface area contributed by atoms with Crippen molar-refractivity contribution in [2.75, 3.05) is 0 Å².